The maximum absolute atomic E-state index is 11.7. The molecule has 0 saturated carbocycles. The number of hydrogen-bond acceptors (Lipinski definition) is 2. The topological polar surface area (TPSA) is 34.0 Å². The van der Waals surface area contributed by atoms with Crippen molar-refractivity contribution >= 4 is 16.7 Å². The van der Waals surface area contributed by atoms with E-state index in [1.807, 2.05) is 7.05 Å². The first kappa shape index (κ1) is 11.5. The van der Waals surface area contributed by atoms with E-state index < -0.39 is 0 Å². The van der Waals surface area contributed by atoms with Crippen molar-refractivity contribution in [2.45, 2.75) is 31.8 Å². The van der Waals surface area contributed by atoms with Gasteiger partial charge in [0, 0.05) is 43.7 Å². The molecule has 1 aliphatic rings. The molecule has 3 rings (SSSR count). The van der Waals surface area contributed by atoms with Gasteiger partial charge in [0.15, 0.2) is 0 Å². The third-order valence-corrected chi connectivity index (χ3v) is 3.76. The standard InChI is InChI=1S/C15H18N2O/c1-10-7-13(18)9-14(16-10)11-3-4-15-12(8-11)5-6-17(15)2/h3-6,8,10,14,16H,7,9H2,1-2H3. The highest BCUT2D eigenvalue weighted by Gasteiger charge is 2.24. The van der Waals surface area contributed by atoms with Crippen molar-refractivity contribution < 1.29 is 4.79 Å². The molecular formula is C15H18N2O. The Balaban J connectivity index is 1.96. The second kappa shape index (κ2) is 4.25. The normalized spacial score (nSPS) is 24.7. The number of piperidine rings is 1. The van der Waals surface area contributed by atoms with Crippen LogP contribution in [-0.4, -0.2) is 16.4 Å². The van der Waals surface area contributed by atoms with Crippen molar-refractivity contribution in [2.24, 2.45) is 7.05 Å². The Morgan fingerprint density at radius 2 is 2.11 bits per heavy atom. The summed E-state index contributed by atoms with van der Waals surface area (Å²) in [6, 6.07) is 9.03. The minimum absolute atomic E-state index is 0.172. The van der Waals surface area contributed by atoms with Gasteiger partial charge in [0.2, 0.25) is 0 Å². The monoisotopic (exact) mass is 242 g/mol. The first-order chi connectivity index (χ1) is 8.63. The predicted molar refractivity (Wildman–Crippen MR) is 72.5 cm³/mol. The molecule has 2 unspecified atom stereocenters. The van der Waals surface area contributed by atoms with Gasteiger partial charge < -0.3 is 9.88 Å². The maximum atomic E-state index is 11.7. The molecular weight excluding hydrogens is 224 g/mol. The van der Waals surface area contributed by atoms with Crippen molar-refractivity contribution in [2.75, 3.05) is 0 Å². The van der Waals surface area contributed by atoms with Gasteiger partial charge in [-0.05, 0) is 36.1 Å². The van der Waals surface area contributed by atoms with Gasteiger partial charge in [0.25, 0.3) is 0 Å². The highest BCUT2D eigenvalue weighted by atomic mass is 16.1. The molecule has 2 heterocycles. The maximum Gasteiger partial charge on any atom is 0.136 e. The molecule has 1 saturated heterocycles. The van der Waals surface area contributed by atoms with Crippen molar-refractivity contribution in [1.82, 2.24) is 9.88 Å². The van der Waals surface area contributed by atoms with Crippen LogP contribution in [0.25, 0.3) is 10.9 Å². The van der Waals surface area contributed by atoms with Crippen LogP contribution >= 0.6 is 0 Å². The highest BCUT2D eigenvalue weighted by Crippen LogP contribution is 2.26. The Morgan fingerprint density at radius 1 is 1.28 bits per heavy atom. The lowest BCUT2D eigenvalue weighted by atomic mass is 9.92. The molecule has 1 aromatic carbocycles. The van der Waals surface area contributed by atoms with Gasteiger partial charge in [0.1, 0.15) is 5.78 Å². The molecule has 0 radical (unpaired) electrons. The number of carbonyl (C=O) groups is 1. The fourth-order valence-electron chi connectivity index (χ4n) is 2.84. The van der Waals surface area contributed by atoms with Crippen LogP contribution in [0, 0.1) is 0 Å². The number of aromatic nitrogens is 1. The SMILES string of the molecule is CC1CC(=O)CC(c2ccc3c(ccn3C)c2)N1. The van der Waals surface area contributed by atoms with Gasteiger partial charge in [-0.15, -0.1) is 0 Å². The zero-order chi connectivity index (χ0) is 12.7. The van der Waals surface area contributed by atoms with Gasteiger partial charge in [-0.25, -0.2) is 0 Å². The second-order valence-electron chi connectivity index (χ2n) is 5.31. The largest absolute Gasteiger partial charge is 0.351 e. The number of fused-ring (bicyclic) bond motifs is 1. The van der Waals surface area contributed by atoms with Crippen LogP contribution in [0.5, 0.6) is 0 Å². The van der Waals surface area contributed by atoms with Crippen molar-refractivity contribution in [1.29, 1.82) is 0 Å². The molecule has 1 fully saturated rings. The zero-order valence-electron chi connectivity index (χ0n) is 10.8. The molecule has 18 heavy (non-hydrogen) atoms. The summed E-state index contributed by atoms with van der Waals surface area (Å²) in [5.41, 5.74) is 2.45. The number of benzene rings is 1. The summed E-state index contributed by atoms with van der Waals surface area (Å²) in [5.74, 6) is 0.361. The van der Waals surface area contributed by atoms with Crippen molar-refractivity contribution in [3.63, 3.8) is 0 Å². The van der Waals surface area contributed by atoms with Gasteiger partial charge in [0.05, 0.1) is 0 Å². The molecule has 2 aromatic rings. The summed E-state index contributed by atoms with van der Waals surface area (Å²) in [4.78, 5) is 11.7. The molecule has 0 aliphatic carbocycles. The number of aryl methyl sites for hydroxylation is 1. The Morgan fingerprint density at radius 3 is 2.89 bits per heavy atom. The molecule has 1 aliphatic heterocycles. The van der Waals surface area contributed by atoms with Crippen LogP contribution in [0.15, 0.2) is 30.5 Å². The van der Waals surface area contributed by atoms with E-state index in [4.69, 9.17) is 0 Å². The summed E-state index contributed by atoms with van der Waals surface area (Å²) in [5, 5.41) is 4.75. The molecule has 0 bridgehead atoms. The Labute approximate surface area is 107 Å². The van der Waals surface area contributed by atoms with Gasteiger partial charge >= 0.3 is 0 Å². The number of carbonyl (C=O) groups excluding carboxylic acids is 1. The van der Waals surface area contributed by atoms with E-state index in [-0.39, 0.29) is 12.1 Å². The quantitative estimate of drug-likeness (QED) is 0.834. The fraction of sp³-hybridized carbons (Fsp3) is 0.400. The number of nitrogens with one attached hydrogen (secondary N) is 1. The van der Waals surface area contributed by atoms with E-state index in [0.717, 1.165) is 0 Å². The number of rotatable bonds is 1. The summed E-state index contributed by atoms with van der Waals surface area (Å²) >= 11 is 0. The number of ketones is 1. The van der Waals surface area contributed by atoms with E-state index in [0.29, 0.717) is 18.6 Å². The first-order valence-corrected chi connectivity index (χ1v) is 6.46. The minimum Gasteiger partial charge on any atom is -0.351 e. The third-order valence-electron chi connectivity index (χ3n) is 3.76. The lowest BCUT2D eigenvalue weighted by Gasteiger charge is -2.28. The van der Waals surface area contributed by atoms with Crippen LogP contribution in [-0.2, 0) is 11.8 Å². The lowest BCUT2D eigenvalue weighted by molar-refractivity contribution is -0.121. The van der Waals surface area contributed by atoms with Gasteiger partial charge in [-0.2, -0.15) is 0 Å². The Kier molecular flexibility index (Phi) is 2.71. The zero-order valence-corrected chi connectivity index (χ0v) is 10.8. The molecule has 3 nitrogen and oxygen atoms in total. The third kappa shape index (κ3) is 1.95. The minimum atomic E-state index is 0.172. The molecule has 3 heteroatoms. The fourth-order valence-corrected chi connectivity index (χ4v) is 2.84. The Bertz CT molecular complexity index is 600. The average molecular weight is 242 g/mol. The average Bonchev–Trinajstić information content (AvgIpc) is 2.69. The Hall–Kier alpha value is -1.61. The molecule has 2 atom stereocenters. The summed E-state index contributed by atoms with van der Waals surface area (Å²) in [7, 11) is 2.05. The van der Waals surface area contributed by atoms with Crippen molar-refractivity contribution in [3.8, 4) is 0 Å². The summed E-state index contributed by atoms with van der Waals surface area (Å²) < 4.78 is 2.11. The number of nitrogens with zero attached hydrogens (tertiary/aromatic N) is 1. The smallest absolute Gasteiger partial charge is 0.136 e. The van der Waals surface area contributed by atoms with E-state index in [9.17, 15) is 4.79 Å². The molecule has 1 aromatic heterocycles. The van der Waals surface area contributed by atoms with Gasteiger partial charge in [-0.1, -0.05) is 6.07 Å². The van der Waals surface area contributed by atoms with Crippen molar-refractivity contribution in [3.05, 3.63) is 36.0 Å². The summed E-state index contributed by atoms with van der Waals surface area (Å²) in [6.45, 7) is 2.07. The molecule has 0 amide bonds. The molecule has 0 spiro atoms. The molecule has 1 N–H and O–H groups in total. The van der Waals surface area contributed by atoms with Crippen LogP contribution in [0.3, 0.4) is 0 Å². The first-order valence-electron chi connectivity index (χ1n) is 6.46. The van der Waals surface area contributed by atoms with Crippen LogP contribution in [0.4, 0.5) is 0 Å². The summed E-state index contributed by atoms with van der Waals surface area (Å²) in [6.07, 6.45) is 3.34. The lowest BCUT2D eigenvalue weighted by Crippen LogP contribution is -2.38. The van der Waals surface area contributed by atoms with Crippen LogP contribution in [0.1, 0.15) is 31.4 Å². The van der Waals surface area contributed by atoms with Crippen LogP contribution < -0.4 is 5.32 Å². The van der Waals surface area contributed by atoms with E-state index in [2.05, 4.69) is 47.3 Å². The molecule has 94 valence electrons. The van der Waals surface area contributed by atoms with Crippen LogP contribution in [0.2, 0.25) is 0 Å². The second-order valence-corrected chi connectivity index (χ2v) is 5.31. The number of hydrogen-bond donors (Lipinski definition) is 1. The van der Waals surface area contributed by atoms with Gasteiger partial charge in [-0.3, -0.25) is 4.79 Å². The predicted octanol–water partition coefficient (Wildman–Crippen LogP) is 2.56. The van der Waals surface area contributed by atoms with E-state index in [1.54, 1.807) is 0 Å². The number of Topliss-reactive ketones (excluding diaryl/α,β-unsaturated/α-hetero) is 1. The highest BCUT2D eigenvalue weighted by molar-refractivity contribution is 5.83. The van der Waals surface area contributed by atoms with E-state index >= 15 is 0 Å². The van der Waals surface area contributed by atoms with E-state index in [1.165, 1.54) is 16.5 Å².